The third-order valence-electron chi connectivity index (χ3n) is 3.02. The van der Waals surface area contributed by atoms with Crippen LogP contribution < -0.4 is 0 Å². The molecule has 2 rings (SSSR count). The fourth-order valence-electron chi connectivity index (χ4n) is 2.09. The Labute approximate surface area is 122 Å². The van der Waals surface area contributed by atoms with Crippen molar-refractivity contribution >= 4 is 5.78 Å². The molecule has 0 saturated carbocycles. The Morgan fingerprint density at radius 1 is 0.857 bits per heavy atom. The fourth-order valence-corrected chi connectivity index (χ4v) is 2.09. The lowest BCUT2D eigenvalue weighted by atomic mass is 9.96. The lowest BCUT2D eigenvalue weighted by molar-refractivity contribution is -0.263. The van der Waals surface area contributed by atoms with Gasteiger partial charge in [-0.25, -0.2) is 0 Å². The van der Waals surface area contributed by atoms with Gasteiger partial charge in [0.25, 0.3) is 5.79 Å². The van der Waals surface area contributed by atoms with E-state index in [2.05, 4.69) is 0 Å². The number of carbonyl (C=O) groups excluding carboxylic acids is 1. The molecule has 0 spiro atoms. The van der Waals surface area contributed by atoms with E-state index in [1.165, 1.54) is 0 Å². The number of ketones is 1. The van der Waals surface area contributed by atoms with Gasteiger partial charge in [0.05, 0.1) is 0 Å². The van der Waals surface area contributed by atoms with Crippen molar-refractivity contribution in [1.29, 1.82) is 0 Å². The molecule has 2 aromatic carbocycles. The van der Waals surface area contributed by atoms with Crippen LogP contribution in [0, 0.1) is 0 Å². The summed E-state index contributed by atoms with van der Waals surface area (Å²) in [5, 5.41) is 18.3. The van der Waals surface area contributed by atoms with Crippen LogP contribution in [0.3, 0.4) is 0 Å². The largest absolute Gasteiger partial charge is 0.370 e. The van der Waals surface area contributed by atoms with E-state index in [0.29, 0.717) is 11.1 Å². The summed E-state index contributed by atoms with van der Waals surface area (Å²) < 4.78 is 10.4. The van der Waals surface area contributed by atoms with E-state index in [-0.39, 0.29) is 0 Å². The zero-order chi connectivity index (χ0) is 15.1. The number of aliphatic hydroxyl groups is 2. The predicted molar refractivity (Wildman–Crippen MR) is 75.2 cm³/mol. The number of hydrogen-bond donors (Lipinski definition) is 2. The predicted octanol–water partition coefficient (Wildman–Crippen LogP) is 1.66. The minimum absolute atomic E-state index is 0.350. The molecule has 0 amide bonds. The van der Waals surface area contributed by atoms with Gasteiger partial charge in [-0.3, -0.25) is 4.79 Å². The van der Waals surface area contributed by atoms with E-state index in [4.69, 9.17) is 19.7 Å². The number of rotatable bonds is 7. The molecule has 0 radical (unpaired) electrons. The van der Waals surface area contributed by atoms with Gasteiger partial charge in [0.2, 0.25) is 5.78 Å². The molecule has 0 aromatic heterocycles. The first-order valence-corrected chi connectivity index (χ1v) is 6.39. The van der Waals surface area contributed by atoms with E-state index in [9.17, 15) is 4.79 Å². The topological polar surface area (TPSA) is 76.0 Å². The van der Waals surface area contributed by atoms with Crippen molar-refractivity contribution in [3.8, 4) is 0 Å². The van der Waals surface area contributed by atoms with Crippen molar-refractivity contribution in [2.75, 3.05) is 13.6 Å². The molecule has 2 N–H and O–H groups in total. The van der Waals surface area contributed by atoms with Crippen LogP contribution in [-0.2, 0) is 15.3 Å². The summed E-state index contributed by atoms with van der Waals surface area (Å²) in [5.74, 6) is -2.39. The van der Waals surface area contributed by atoms with Crippen molar-refractivity contribution in [3.63, 3.8) is 0 Å². The third kappa shape index (κ3) is 3.17. The van der Waals surface area contributed by atoms with Crippen LogP contribution in [0.2, 0.25) is 0 Å². The number of hydrogen-bond acceptors (Lipinski definition) is 5. The molecule has 21 heavy (non-hydrogen) atoms. The van der Waals surface area contributed by atoms with Gasteiger partial charge >= 0.3 is 0 Å². The molecule has 0 unspecified atom stereocenters. The van der Waals surface area contributed by atoms with Crippen LogP contribution >= 0.6 is 0 Å². The zero-order valence-corrected chi connectivity index (χ0v) is 11.3. The van der Waals surface area contributed by atoms with E-state index in [0.717, 1.165) is 0 Å². The van der Waals surface area contributed by atoms with Crippen molar-refractivity contribution in [3.05, 3.63) is 71.8 Å². The number of Topliss-reactive ketones (excluding diaryl/α,β-unsaturated/α-hetero) is 1. The molecule has 5 heteroatoms. The molecule has 0 heterocycles. The summed E-state index contributed by atoms with van der Waals surface area (Å²) in [7, 11) is 0. The lowest BCUT2D eigenvalue weighted by Crippen LogP contribution is -2.42. The normalized spacial score (nSPS) is 11.3. The SMILES string of the molecule is O=C(c1ccccc1)C(OCO)(OCO)c1ccccc1. The molecule has 0 aliphatic heterocycles. The second-order valence-electron chi connectivity index (χ2n) is 4.22. The van der Waals surface area contributed by atoms with Crippen molar-refractivity contribution in [1.82, 2.24) is 0 Å². The number of ether oxygens (including phenoxy) is 2. The molecule has 0 aliphatic rings. The minimum Gasteiger partial charge on any atom is -0.370 e. The maximum absolute atomic E-state index is 12.8. The van der Waals surface area contributed by atoms with Crippen LogP contribution in [0.4, 0.5) is 0 Å². The molecule has 0 bridgehead atoms. The first kappa shape index (κ1) is 15.3. The maximum Gasteiger partial charge on any atom is 0.265 e. The van der Waals surface area contributed by atoms with Gasteiger partial charge in [-0.15, -0.1) is 0 Å². The highest BCUT2D eigenvalue weighted by molar-refractivity contribution is 6.02. The highest BCUT2D eigenvalue weighted by Crippen LogP contribution is 2.31. The Morgan fingerprint density at radius 3 is 1.81 bits per heavy atom. The summed E-state index contributed by atoms with van der Waals surface area (Å²) in [4.78, 5) is 12.8. The second kappa shape index (κ2) is 7.10. The Hall–Kier alpha value is -2.05. The number of benzene rings is 2. The monoisotopic (exact) mass is 288 g/mol. The molecule has 110 valence electrons. The van der Waals surface area contributed by atoms with E-state index >= 15 is 0 Å². The summed E-state index contributed by atoms with van der Waals surface area (Å²) in [5.41, 5.74) is 0.741. The van der Waals surface area contributed by atoms with Crippen LogP contribution in [0.5, 0.6) is 0 Å². The van der Waals surface area contributed by atoms with Crippen LogP contribution in [0.1, 0.15) is 15.9 Å². The Kier molecular flexibility index (Phi) is 5.19. The lowest BCUT2D eigenvalue weighted by Gasteiger charge is -2.31. The Balaban J connectivity index is 2.51. The first-order chi connectivity index (χ1) is 10.2. The third-order valence-corrected chi connectivity index (χ3v) is 3.02. The van der Waals surface area contributed by atoms with E-state index in [1.807, 2.05) is 0 Å². The van der Waals surface area contributed by atoms with Crippen LogP contribution in [-0.4, -0.2) is 29.6 Å². The van der Waals surface area contributed by atoms with Gasteiger partial charge in [0, 0.05) is 11.1 Å². The quantitative estimate of drug-likeness (QED) is 0.598. The molecular formula is C16H16O5. The molecule has 0 saturated heterocycles. The number of aliphatic hydroxyl groups excluding tert-OH is 2. The summed E-state index contributed by atoms with van der Waals surface area (Å²) >= 11 is 0. The van der Waals surface area contributed by atoms with Crippen LogP contribution in [0.15, 0.2) is 60.7 Å². The first-order valence-electron chi connectivity index (χ1n) is 6.39. The summed E-state index contributed by atoms with van der Waals surface area (Å²) in [6.07, 6.45) is 0. The van der Waals surface area contributed by atoms with Crippen molar-refractivity contribution in [2.24, 2.45) is 0 Å². The molecule has 0 atom stereocenters. The average Bonchev–Trinajstić information content (AvgIpc) is 2.55. The van der Waals surface area contributed by atoms with Gasteiger partial charge in [0.1, 0.15) is 13.6 Å². The van der Waals surface area contributed by atoms with Gasteiger partial charge in [0.15, 0.2) is 0 Å². The molecular weight excluding hydrogens is 272 g/mol. The summed E-state index contributed by atoms with van der Waals surface area (Å²) in [6.45, 7) is -1.46. The Morgan fingerprint density at radius 2 is 1.33 bits per heavy atom. The molecule has 5 nitrogen and oxygen atoms in total. The molecule has 2 aromatic rings. The van der Waals surface area contributed by atoms with Gasteiger partial charge in [-0.1, -0.05) is 60.7 Å². The molecule has 0 fully saturated rings. The average molecular weight is 288 g/mol. The zero-order valence-electron chi connectivity index (χ0n) is 11.3. The Bertz CT molecular complexity index is 562. The molecule has 0 aliphatic carbocycles. The van der Waals surface area contributed by atoms with E-state index < -0.39 is 25.2 Å². The highest BCUT2D eigenvalue weighted by atomic mass is 16.8. The smallest absolute Gasteiger partial charge is 0.265 e. The van der Waals surface area contributed by atoms with Gasteiger partial charge in [-0.2, -0.15) is 0 Å². The maximum atomic E-state index is 12.8. The van der Waals surface area contributed by atoms with Gasteiger partial charge in [-0.05, 0) is 0 Å². The second-order valence-corrected chi connectivity index (χ2v) is 4.22. The fraction of sp³-hybridized carbons (Fsp3) is 0.188. The van der Waals surface area contributed by atoms with Crippen molar-refractivity contribution < 1.29 is 24.5 Å². The van der Waals surface area contributed by atoms with Crippen molar-refractivity contribution in [2.45, 2.75) is 5.79 Å². The van der Waals surface area contributed by atoms with Gasteiger partial charge < -0.3 is 19.7 Å². The standard InChI is InChI=1S/C16H16O5/c17-11-20-16(21-12-18,14-9-5-2-6-10-14)15(19)13-7-3-1-4-8-13/h1-10,17-18H,11-12H2. The summed E-state index contributed by atoms with van der Waals surface area (Å²) in [6, 6.07) is 16.9. The highest BCUT2D eigenvalue weighted by Gasteiger charge is 2.43. The van der Waals surface area contributed by atoms with E-state index in [1.54, 1.807) is 60.7 Å². The number of carbonyl (C=O) groups is 1. The van der Waals surface area contributed by atoms with Crippen LogP contribution in [0.25, 0.3) is 0 Å². The minimum atomic E-state index is -1.88.